The van der Waals surface area contributed by atoms with Gasteiger partial charge >= 0.3 is 12.1 Å². The van der Waals surface area contributed by atoms with Gasteiger partial charge < -0.3 is 14.2 Å². The first-order valence-electron chi connectivity index (χ1n) is 5.12. The standard InChI is InChI=1S/C11H18O5/c1-8(2)15-10(12)6-5-7-14-11(13)16-9(3)4/h5-6,8-9H,7H2,1-4H3/b6-5+. The number of hydrogen-bond donors (Lipinski definition) is 0. The summed E-state index contributed by atoms with van der Waals surface area (Å²) < 4.78 is 14.2. The van der Waals surface area contributed by atoms with Gasteiger partial charge in [-0.2, -0.15) is 0 Å². The summed E-state index contributed by atoms with van der Waals surface area (Å²) in [5, 5.41) is 0. The summed E-state index contributed by atoms with van der Waals surface area (Å²) in [5.41, 5.74) is 0. The Kier molecular flexibility index (Phi) is 7.00. The van der Waals surface area contributed by atoms with Crippen molar-refractivity contribution in [2.45, 2.75) is 39.9 Å². The zero-order valence-electron chi connectivity index (χ0n) is 10.1. The fourth-order valence-electron chi connectivity index (χ4n) is 0.759. The summed E-state index contributed by atoms with van der Waals surface area (Å²) in [6, 6.07) is 0. The van der Waals surface area contributed by atoms with Gasteiger partial charge in [-0.15, -0.1) is 0 Å². The Morgan fingerprint density at radius 1 is 1.06 bits per heavy atom. The van der Waals surface area contributed by atoms with Gasteiger partial charge in [-0.25, -0.2) is 9.59 Å². The van der Waals surface area contributed by atoms with E-state index in [9.17, 15) is 9.59 Å². The number of carbonyl (C=O) groups is 2. The van der Waals surface area contributed by atoms with E-state index in [4.69, 9.17) is 9.47 Å². The van der Waals surface area contributed by atoms with E-state index >= 15 is 0 Å². The van der Waals surface area contributed by atoms with Gasteiger partial charge in [0, 0.05) is 6.08 Å². The molecule has 0 saturated heterocycles. The van der Waals surface area contributed by atoms with Crippen molar-refractivity contribution in [1.82, 2.24) is 0 Å². The highest BCUT2D eigenvalue weighted by Gasteiger charge is 2.05. The molecule has 0 spiro atoms. The molecule has 0 aliphatic heterocycles. The van der Waals surface area contributed by atoms with Crippen LogP contribution < -0.4 is 0 Å². The van der Waals surface area contributed by atoms with Crippen molar-refractivity contribution in [2.75, 3.05) is 6.61 Å². The smallest absolute Gasteiger partial charge is 0.460 e. The van der Waals surface area contributed by atoms with Crippen LogP contribution in [0.2, 0.25) is 0 Å². The average Bonchev–Trinajstić information content (AvgIpc) is 2.10. The van der Waals surface area contributed by atoms with Crippen LogP contribution in [0.4, 0.5) is 4.79 Å². The van der Waals surface area contributed by atoms with E-state index in [-0.39, 0.29) is 18.8 Å². The predicted molar refractivity (Wildman–Crippen MR) is 57.9 cm³/mol. The molecule has 0 aromatic heterocycles. The van der Waals surface area contributed by atoms with E-state index in [0.717, 1.165) is 0 Å². The van der Waals surface area contributed by atoms with Crippen molar-refractivity contribution in [2.24, 2.45) is 0 Å². The Labute approximate surface area is 95.4 Å². The highest BCUT2D eigenvalue weighted by Crippen LogP contribution is 1.94. The van der Waals surface area contributed by atoms with Crippen LogP contribution in [0.25, 0.3) is 0 Å². The summed E-state index contributed by atoms with van der Waals surface area (Å²) in [7, 11) is 0. The predicted octanol–water partition coefficient (Wildman–Crippen LogP) is 2.06. The van der Waals surface area contributed by atoms with Crippen molar-refractivity contribution in [3.63, 3.8) is 0 Å². The average molecular weight is 230 g/mol. The lowest BCUT2D eigenvalue weighted by Crippen LogP contribution is -2.13. The third-order valence-corrected chi connectivity index (χ3v) is 1.24. The monoisotopic (exact) mass is 230 g/mol. The molecule has 0 saturated carbocycles. The Bertz CT molecular complexity index is 255. The second-order valence-corrected chi connectivity index (χ2v) is 3.62. The van der Waals surface area contributed by atoms with Crippen LogP contribution in [0, 0.1) is 0 Å². The molecule has 16 heavy (non-hydrogen) atoms. The largest absolute Gasteiger partial charge is 0.508 e. The highest BCUT2D eigenvalue weighted by molar-refractivity contribution is 5.82. The van der Waals surface area contributed by atoms with Crippen LogP contribution in [-0.2, 0) is 19.0 Å². The lowest BCUT2D eigenvalue weighted by molar-refractivity contribution is -0.141. The topological polar surface area (TPSA) is 61.8 Å². The number of rotatable bonds is 5. The van der Waals surface area contributed by atoms with E-state index in [1.807, 2.05) is 0 Å². The Balaban J connectivity index is 3.69. The van der Waals surface area contributed by atoms with Gasteiger partial charge in [0.2, 0.25) is 0 Å². The van der Waals surface area contributed by atoms with Gasteiger partial charge in [0.05, 0.1) is 12.2 Å². The third-order valence-electron chi connectivity index (χ3n) is 1.24. The molecule has 0 unspecified atom stereocenters. The molecule has 0 N–H and O–H groups in total. The highest BCUT2D eigenvalue weighted by atomic mass is 16.7. The molecule has 0 radical (unpaired) electrons. The van der Waals surface area contributed by atoms with Gasteiger partial charge in [0.15, 0.2) is 0 Å². The van der Waals surface area contributed by atoms with Crippen molar-refractivity contribution >= 4 is 12.1 Å². The Morgan fingerprint density at radius 2 is 1.62 bits per heavy atom. The first-order chi connectivity index (χ1) is 7.41. The minimum Gasteiger partial charge on any atom is -0.460 e. The summed E-state index contributed by atoms with van der Waals surface area (Å²) in [4.78, 5) is 21.9. The zero-order valence-corrected chi connectivity index (χ0v) is 10.1. The third kappa shape index (κ3) is 9.05. The fraction of sp³-hybridized carbons (Fsp3) is 0.636. The lowest BCUT2D eigenvalue weighted by atomic mass is 10.4. The molecule has 5 nitrogen and oxygen atoms in total. The first kappa shape index (κ1) is 14.5. The number of carbonyl (C=O) groups excluding carboxylic acids is 2. The van der Waals surface area contributed by atoms with Gasteiger partial charge in [-0.3, -0.25) is 0 Å². The lowest BCUT2D eigenvalue weighted by Gasteiger charge is -2.06. The maximum atomic E-state index is 11.0. The van der Waals surface area contributed by atoms with Gasteiger partial charge in [-0.1, -0.05) is 0 Å². The summed E-state index contributed by atoms with van der Waals surface area (Å²) in [6.07, 6.45) is 1.47. The van der Waals surface area contributed by atoms with Gasteiger partial charge in [-0.05, 0) is 33.8 Å². The van der Waals surface area contributed by atoms with E-state index in [1.165, 1.54) is 12.2 Å². The Morgan fingerprint density at radius 3 is 2.12 bits per heavy atom. The molecule has 0 bridgehead atoms. The molecule has 0 aromatic carbocycles. The molecule has 0 fully saturated rings. The zero-order chi connectivity index (χ0) is 12.6. The molecular formula is C11H18O5. The number of ether oxygens (including phenoxy) is 3. The van der Waals surface area contributed by atoms with Crippen molar-refractivity contribution in [3.8, 4) is 0 Å². The quantitative estimate of drug-likeness (QED) is 0.534. The summed E-state index contributed by atoms with van der Waals surface area (Å²) in [6.45, 7) is 6.93. The van der Waals surface area contributed by atoms with E-state index < -0.39 is 12.1 Å². The van der Waals surface area contributed by atoms with Gasteiger partial charge in [0.1, 0.15) is 6.61 Å². The van der Waals surface area contributed by atoms with Crippen LogP contribution in [-0.4, -0.2) is 30.9 Å². The van der Waals surface area contributed by atoms with Crippen LogP contribution in [0.5, 0.6) is 0 Å². The normalized spacial score (nSPS) is 10.9. The SMILES string of the molecule is CC(C)OC(=O)/C=C/COC(=O)OC(C)C. The van der Waals surface area contributed by atoms with Crippen LogP contribution >= 0.6 is 0 Å². The van der Waals surface area contributed by atoms with Gasteiger partial charge in [0.25, 0.3) is 0 Å². The minimum atomic E-state index is -0.753. The second kappa shape index (κ2) is 7.73. The maximum absolute atomic E-state index is 11.0. The molecule has 0 atom stereocenters. The second-order valence-electron chi connectivity index (χ2n) is 3.62. The maximum Gasteiger partial charge on any atom is 0.508 e. The van der Waals surface area contributed by atoms with Crippen molar-refractivity contribution < 1.29 is 23.8 Å². The first-order valence-corrected chi connectivity index (χ1v) is 5.12. The molecule has 92 valence electrons. The summed E-state index contributed by atoms with van der Waals surface area (Å²) >= 11 is 0. The molecule has 0 aliphatic rings. The minimum absolute atomic E-state index is 0.0151. The van der Waals surface area contributed by atoms with E-state index in [0.29, 0.717) is 0 Å². The van der Waals surface area contributed by atoms with Crippen LogP contribution in [0.1, 0.15) is 27.7 Å². The van der Waals surface area contributed by atoms with Crippen molar-refractivity contribution in [3.05, 3.63) is 12.2 Å². The van der Waals surface area contributed by atoms with Crippen LogP contribution in [0.15, 0.2) is 12.2 Å². The molecule has 0 aliphatic carbocycles. The summed E-state index contributed by atoms with van der Waals surface area (Å²) in [5.74, 6) is -0.462. The Hall–Kier alpha value is -1.52. The molecule has 5 heteroatoms. The molecular weight excluding hydrogens is 212 g/mol. The fourth-order valence-corrected chi connectivity index (χ4v) is 0.759. The van der Waals surface area contributed by atoms with Crippen LogP contribution in [0.3, 0.4) is 0 Å². The van der Waals surface area contributed by atoms with E-state index in [1.54, 1.807) is 27.7 Å². The molecule has 0 aromatic rings. The molecule has 0 heterocycles. The molecule has 0 rings (SSSR count). The van der Waals surface area contributed by atoms with E-state index in [2.05, 4.69) is 4.74 Å². The molecule has 0 amide bonds. The number of esters is 1. The van der Waals surface area contributed by atoms with Crippen molar-refractivity contribution in [1.29, 1.82) is 0 Å². The number of hydrogen-bond acceptors (Lipinski definition) is 5.